The largest absolute Gasteiger partial charge is 0.356 e. The van der Waals surface area contributed by atoms with E-state index in [9.17, 15) is 14.0 Å². The number of aromatic nitrogens is 1. The highest BCUT2D eigenvalue weighted by molar-refractivity contribution is 6.30. The van der Waals surface area contributed by atoms with Crippen molar-refractivity contribution in [2.75, 3.05) is 6.54 Å². The number of amides is 2. The fourth-order valence-corrected chi connectivity index (χ4v) is 5.38. The highest BCUT2D eigenvalue weighted by atomic mass is 35.5. The average Bonchev–Trinajstić information content (AvgIpc) is 3.21. The molecular weight excluding hydrogens is 453 g/mol. The molecule has 1 aromatic heterocycles. The van der Waals surface area contributed by atoms with Crippen LogP contribution in [-0.2, 0) is 22.6 Å². The highest BCUT2D eigenvalue weighted by Crippen LogP contribution is 2.42. The van der Waals surface area contributed by atoms with Crippen LogP contribution in [0.3, 0.4) is 0 Å². The van der Waals surface area contributed by atoms with E-state index >= 15 is 0 Å². The van der Waals surface area contributed by atoms with Crippen LogP contribution in [0.25, 0.3) is 10.9 Å². The topological polar surface area (TPSA) is 56.4 Å². The molecule has 3 heterocycles. The number of fused-ring (bicyclic) bond motifs is 4. The van der Waals surface area contributed by atoms with Crippen LogP contribution in [0.2, 0.25) is 5.02 Å². The zero-order chi connectivity index (χ0) is 23.4. The van der Waals surface area contributed by atoms with Gasteiger partial charge in [-0.05, 0) is 47.0 Å². The van der Waals surface area contributed by atoms with E-state index in [1.165, 1.54) is 12.1 Å². The van der Waals surface area contributed by atoms with Gasteiger partial charge in [0, 0.05) is 34.6 Å². The third kappa shape index (κ3) is 3.37. The van der Waals surface area contributed by atoms with Gasteiger partial charge in [-0.25, -0.2) is 4.39 Å². The van der Waals surface area contributed by atoms with Crippen LogP contribution in [0.5, 0.6) is 0 Å². The summed E-state index contributed by atoms with van der Waals surface area (Å²) >= 11 is 6.14. The molecule has 1 N–H and O–H groups in total. The lowest BCUT2D eigenvalue weighted by Gasteiger charge is -2.47. The van der Waals surface area contributed by atoms with Crippen molar-refractivity contribution in [1.82, 2.24) is 14.8 Å². The number of hydrogen-bond donors (Lipinski definition) is 1. The van der Waals surface area contributed by atoms with E-state index in [0.29, 0.717) is 11.4 Å². The van der Waals surface area contributed by atoms with Crippen molar-refractivity contribution in [3.8, 4) is 0 Å². The molecule has 1 saturated heterocycles. The van der Waals surface area contributed by atoms with Crippen molar-refractivity contribution in [2.24, 2.45) is 0 Å². The molecule has 6 rings (SSSR count). The van der Waals surface area contributed by atoms with Gasteiger partial charge in [-0.3, -0.25) is 9.59 Å². The first-order chi connectivity index (χ1) is 16.5. The van der Waals surface area contributed by atoms with Crippen LogP contribution in [0.1, 0.15) is 28.4 Å². The van der Waals surface area contributed by atoms with Crippen molar-refractivity contribution < 1.29 is 14.0 Å². The molecule has 0 radical (unpaired) electrons. The Labute approximate surface area is 200 Å². The Balaban J connectivity index is 1.44. The van der Waals surface area contributed by atoms with E-state index in [1.54, 1.807) is 34.1 Å². The fourth-order valence-electron chi connectivity index (χ4n) is 5.26. The van der Waals surface area contributed by atoms with Crippen molar-refractivity contribution in [3.63, 3.8) is 0 Å². The van der Waals surface area contributed by atoms with Crippen LogP contribution in [0, 0.1) is 5.82 Å². The number of benzene rings is 3. The molecule has 0 saturated carbocycles. The van der Waals surface area contributed by atoms with Gasteiger partial charge in [0.25, 0.3) is 0 Å². The zero-order valence-corrected chi connectivity index (χ0v) is 18.9. The third-order valence-corrected chi connectivity index (χ3v) is 7.07. The van der Waals surface area contributed by atoms with E-state index in [2.05, 4.69) is 4.98 Å². The Bertz CT molecular complexity index is 1410. The first kappa shape index (κ1) is 20.9. The van der Waals surface area contributed by atoms with Crippen molar-refractivity contribution >= 4 is 34.3 Å². The Morgan fingerprint density at radius 3 is 2.47 bits per heavy atom. The maximum atomic E-state index is 13.7. The maximum Gasteiger partial charge on any atom is 0.246 e. The summed E-state index contributed by atoms with van der Waals surface area (Å²) in [5, 5.41) is 1.67. The predicted molar refractivity (Wildman–Crippen MR) is 128 cm³/mol. The molecule has 4 aromatic rings. The SMILES string of the molecule is O=C1[C@@H]2Cc3c([nH]c4ccccc34)[C@@H](c3ccc(Cl)cc3)N2C(=O)CN1Cc1ccc(F)cc1. The van der Waals surface area contributed by atoms with Gasteiger partial charge in [-0.15, -0.1) is 0 Å². The zero-order valence-electron chi connectivity index (χ0n) is 18.2. The molecule has 0 aliphatic carbocycles. The summed E-state index contributed by atoms with van der Waals surface area (Å²) in [5.41, 5.74) is 4.66. The van der Waals surface area contributed by atoms with E-state index in [-0.39, 0.29) is 30.7 Å². The lowest BCUT2D eigenvalue weighted by molar-refractivity contribution is -0.159. The molecule has 5 nitrogen and oxygen atoms in total. The fraction of sp³-hybridized carbons (Fsp3) is 0.185. The molecule has 0 unspecified atom stereocenters. The number of nitrogens with one attached hydrogen (secondary N) is 1. The van der Waals surface area contributed by atoms with Crippen molar-refractivity contribution in [3.05, 3.63) is 106 Å². The predicted octanol–water partition coefficient (Wildman–Crippen LogP) is 4.85. The van der Waals surface area contributed by atoms with Gasteiger partial charge in [-0.1, -0.05) is 54.1 Å². The minimum atomic E-state index is -0.617. The van der Waals surface area contributed by atoms with Gasteiger partial charge in [0.2, 0.25) is 11.8 Å². The van der Waals surface area contributed by atoms with Gasteiger partial charge in [-0.2, -0.15) is 0 Å². The van der Waals surface area contributed by atoms with E-state index < -0.39 is 12.1 Å². The van der Waals surface area contributed by atoms with Crippen LogP contribution in [0.4, 0.5) is 4.39 Å². The maximum absolute atomic E-state index is 13.7. The molecule has 2 aliphatic heterocycles. The number of halogens is 2. The summed E-state index contributed by atoms with van der Waals surface area (Å²) in [6.07, 6.45) is 0.438. The number of carbonyl (C=O) groups excluding carboxylic acids is 2. The third-order valence-electron chi connectivity index (χ3n) is 6.81. The molecule has 2 aliphatic rings. The molecule has 3 aromatic carbocycles. The first-order valence-corrected chi connectivity index (χ1v) is 11.6. The molecule has 1 fully saturated rings. The molecule has 34 heavy (non-hydrogen) atoms. The minimum absolute atomic E-state index is 0.0215. The summed E-state index contributed by atoms with van der Waals surface area (Å²) < 4.78 is 13.3. The van der Waals surface area contributed by atoms with Crippen molar-refractivity contribution in [1.29, 1.82) is 0 Å². The molecule has 7 heteroatoms. The standard InChI is InChI=1S/C27H21ClFN3O2/c28-18-9-7-17(8-10-18)26-25-21(20-3-1-2-4-22(20)30-25)13-23-27(34)31(15-24(33)32(23)26)14-16-5-11-19(29)12-6-16/h1-12,23,26,30H,13-15H2/t23-,26+/m0/s1. The number of rotatable bonds is 3. The van der Waals surface area contributed by atoms with Gasteiger partial charge in [0.05, 0.1) is 6.04 Å². The molecular formula is C27H21ClFN3O2. The smallest absolute Gasteiger partial charge is 0.246 e. The molecule has 2 amide bonds. The number of para-hydroxylation sites is 1. The van der Waals surface area contributed by atoms with Crippen LogP contribution in [-0.4, -0.2) is 39.2 Å². The van der Waals surface area contributed by atoms with Crippen molar-refractivity contribution in [2.45, 2.75) is 25.0 Å². The number of carbonyl (C=O) groups is 2. The van der Waals surface area contributed by atoms with E-state index in [4.69, 9.17) is 11.6 Å². The lowest BCUT2D eigenvalue weighted by atomic mass is 9.86. The van der Waals surface area contributed by atoms with Gasteiger partial charge >= 0.3 is 0 Å². The van der Waals surface area contributed by atoms with E-state index in [1.807, 2.05) is 36.4 Å². The van der Waals surface area contributed by atoms with Gasteiger partial charge in [0.1, 0.15) is 18.4 Å². The van der Waals surface area contributed by atoms with E-state index in [0.717, 1.165) is 33.3 Å². The monoisotopic (exact) mass is 473 g/mol. The van der Waals surface area contributed by atoms with Gasteiger partial charge in [0.15, 0.2) is 0 Å². The molecule has 0 spiro atoms. The number of piperazine rings is 1. The number of nitrogens with zero attached hydrogens (tertiary/aromatic N) is 2. The summed E-state index contributed by atoms with van der Waals surface area (Å²) in [7, 11) is 0. The Kier molecular flexibility index (Phi) is 4.92. The van der Waals surface area contributed by atoms with Crippen LogP contribution >= 0.6 is 11.6 Å². The summed E-state index contributed by atoms with van der Waals surface area (Å²) in [5.74, 6) is -0.546. The second kappa shape index (κ2) is 7.99. The van der Waals surface area contributed by atoms with Crippen LogP contribution < -0.4 is 0 Å². The van der Waals surface area contributed by atoms with Crippen LogP contribution in [0.15, 0.2) is 72.8 Å². The Morgan fingerprint density at radius 1 is 0.971 bits per heavy atom. The normalized spacial score (nSPS) is 19.9. The number of H-pyrrole nitrogens is 1. The number of hydrogen-bond acceptors (Lipinski definition) is 2. The van der Waals surface area contributed by atoms with Gasteiger partial charge < -0.3 is 14.8 Å². The summed E-state index contributed by atoms with van der Waals surface area (Å²) in [6, 6.07) is 20.4. The first-order valence-electron chi connectivity index (χ1n) is 11.2. The summed E-state index contributed by atoms with van der Waals surface area (Å²) in [6.45, 7) is 0.244. The second-order valence-electron chi connectivity index (χ2n) is 8.86. The molecule has 2 atom stereocenters. The Hall–Kier alpha value is -3.64. The Morgan fingerprint density at radius 2 is 1.71 bits per heavy atom. The molecule has 170 valence electrons. The highest BCUT2D eigenvalue weighted by Gasteiger charge is 2.48. The summed E-state index contributed by atoms with van der Waals surface area (Å²) in [4.78, 5) is 34.1. The lowest BCUT2D eigenvalue weighted by Crippen LogP contribution is -2.62. The second-order valence-corrected chi connectivity index (χ2v) is 9.30. The quantitative estimate of drug-likeness (QED) is 0.462. The minimum Gasteiger partial charge on any atom is -0.356 e. The average molecular weight is 474 g/mol. The molecule has 0 bridgehead atoms. The number of aromatic amines is 1.